The second kappa shape index (κ2) is 6.07. The fraction of sp³-hybridized carbons (Fsp3) is 0.250. The minimum Gasteiger partial charge on any atom is -0.327 e. The predicted molar refractivity (Wildman–Crippen MR) is 85.6 cm³/mol. The van der Waals surface area contributed by atoms with Crippen molar-refractivity contribution in [3.63, 3.8) is 0 Å². The van der Waals surface area contributed by atoms with Crippen molar-refractivity contribution in [2.45, 2.75) is 23.3 Å². The molecule has 1 aliphatic rings. The van der Waals surface area contributed by atoms with Gasteiger partial charge in [0, 0.05) is 28.2 Å². The van der Waals surface area contributed by atoms with E-state index in [0.717, 1.165) is 5.75 Å². The first-order valence-electron chi connectivity index (χ1n) is 6.67. The molecular formula is C16H14BrF2NS. The molecule has 0 amide bonds. The second-order valence-electron chi connectivity index (χ2n) is 5.15. The van der Waals surface area contributed by atoms with Crippen LogP contribution in [0.4, 0.5) is 8.78 Å². The molecular weight excluding hydrogens is 356 g/mol. The largest absolute Gasteiger partial charge is 0.327 e. The van der Waals surface area contributed by atoms with Crippen LogP contribution in [0.25, 0.3) is 0 Å². The highest BCUT2D eigenvalue weighted by molar-refractivity contribution is 9.10. The summed E-state index contributed by atoms with van der Waals surface area (Å²) in [6.45, 7) is 0. The Morgan fingerprint density at radius 1 is 1.24 bits per heavy atom. The summed E-state index contributed by atoms with van der Waals surface area (Å²) in [4.78, 5) is 1.22. The van der Waals surface area contributed by atoms with E-state index in [0.29, 0.717) is 0 Å². The highest BCUT2D eigenvalue weighted by Gasteiger charge is 2.29. The molecule has 1 nitrogen and oxygen atoms in total. The molecule has 2 atom stereocenters. The second-order valence-corrected chi connectivity index (χ2v) is 7.06. The van der Waals surface area contributed by atoms with Crippen molar-refractivity contribution < 1.29 is 8.78 Å². The molecule has 1 heterocycles. The molecule has 0 aliphatic carbocycles. The number of benzene rings is 2. The summed E-state index contributed by atoms with van der Waals surface area (Å²) in [5.74, 6) is -0.101. The van der Waals surface area contributed by atoms with Crippen LogP contribution in [0.5, 0.6) is 0 Å². The highest BCUT2D eigenvalue weighted by atomic mass is 79.9. The van der Waals surface area contributed by atoms with E-state index in [1.807, 2.05) is 18.2 Å². The minimum absolute atomic E-state index is 0.0613. The summed E-state index contributed by atoms with van der Waals surface area (Å²) in [5.41, 5.74) is 7.50. The molecule has 110 valence electrons. The molecule has 2 unspecified atom stereocenters. The Kier molecular flexibility index (Phi) is 4.33. The van der Waals surface area contributed by atoms with Gasteiger partial charge in [-0.2, -0.15) is 0 Å². The Hall–Kier alpha value is -0.910. The van der Waals surface area contributed by atoms with Crippen LogP contribution in [-0.2, 0) is 6.42 Å². The number of thioether (sulfide) groups is 1. The Balaban J connectivity index is 1.85. The van der Waals surface area contributed by atoms with E-state index in [2.05, 4.69) is 22.0 Å². The average Bonchev–Trinajstić information content (AvgIpc) is 2.91. The van der Waals surface area contributed by atoms with Gasteiger partial charge in [0.15, 0.2) is 0 Å². The first-order valence-corrected chi connectivity index (χ1v) is 8.45. The van der Waals surface area contributed by atoms with Gasteiger partial charge in [0.2, 0.25) is 0 Å². The Morgan fingerprint density at radius 3 is 2.81 bits per heavy atom. The number of halogens is 3. The summed E-state index contributed by atoms with van der Waals surface area (Å²) in [6, 6.07) is 10.4. The van der Waals surface area contributed by atoms with E-state index in [1.54, 1.807) is 11.8 Å². The maximum absolute atomic E-state index is 14.1. The van der Waals surface area contributed by atoms with Gasteiger partial charge in [-0.3, -0.25) is 0 Å². The molecule has 0 spiro atoms. The number of hydrogen-bond acceptors (Lipinski definition) is 2. The van der Waals surface area contributed by atoms with Gasteiger partial charge in [-0.1, -0.05) is 18.2 Å². The van der Waals surface area contributed by atoms with E-state index in [-0.39, 0.29) is 28.4 Å². The van der Waals surface area contributed by atoms with Crippen LogP contribution in [0.3, 0.4) is 0 Å². The van der Waals surface area contributed by atoms with Gasteiger partial charge in [-0.25, -0.2) is 8.78 Å². The minimum atomic E-state index is -0.551. The molecule has 0 fully saturated rings. The van der Waals surface area contributed by atoms with Crippen LogP contribution < -0.4 is 5.73 Å². The standard InChI is InChI=1S/C16H14BrF2NS/c17-12-5-6-13(18)10(16(12)19)7-14(20)11-8-21-15-4-2-1-3-9(11)15/h1-6,11,14H,7-8,20H2. The predicted octanol–water partition coefficient (Wildman–Crippen LogP) is 4.49. The van der Waals surface area contributed by atoms with Gasteiger partial charge in [-0.15, -0.1) is 11.8 Å². The highest BCUT2D eigenvalue weighted by Crippen LogP contribution is 2.41. The first kappa shape index (κ1) is 15.0. The first-order chi connectivity index (χ1) is 10.1. The Labute approximate surface area is 135 Å². The van der Waals surface area contributed by atoms with Gasteiger partial charge in [-0.05, 0) is 46.1 Å². The average molecular weight is 370 g/mol. The number of nitrogens with two attached hydrogens (primary N) is 1. The molecule has 21 heavy (non-hydrogen) atoms. The topological polar surface area (TPSA) is 26.0 Å². The number of rotatable bonds is 3. The third-order valence-corrected chi connectivity index (χ3v) is 5.65. The van der Waals surface area contributed by atoms with Crippen LogP contribution >= 0.6 is 27.7 Å². The fourth-order valence-corrected chi connectivity index (χ4v) is 4.39. The summed E-state index contributed by atoms with van der Waals surface area (Å²) in [5, 5.41) is 0. The lowest BCUT2D eigenvalue weighted by Gasteiger charge is -2.20. The monoisotopic (exact) mass is 369 g/mol. The molecule has 0 saturated heterocycles. The van der Waals surface area contributed by atoms with E-state index >= 15 is 0 Å². The molecule has 0 radical (unpaired) electrons. The molecule has 0 saturated carbocycles. The smallest absolute Gasteiger partial charge is 0.143 e. The molecule has 0 bridgehead atoms. The summed E-state index contributed by atoms with van der Waals surface area (Å²) < 4.78 is 28.2. The van der Waals surface area contributed by atoms with Crippen molar-refractivity contribution in [1.82, 2.24) is 0 Å². The lowest BCUT2D eigenvalue weighted by Crippen LogP contribution is -2.31. The van der Waals surface area contributed by atoms with Crippen molar-refractivity contribution in [1.29, 1.82) is 0 Å². The van der Waals surface area contributed by atoms with Gasteiger partial charge < -0.3 is 5.73 Å². The van der Waals surface area contributed by atoms with Crippen LogP contribution in [0.1, 0.15) is 17.0 Å². The Morgan fingerprint density at radius 2 is 2.00 bits per heavy atom. The number of hydrogen-bond donors (Lipinski definition) is 1. The third-order valence-electron chi connectivity index (χ3n) is 3.83. The molecule has 2 aromatic carbocycles. The zero-order valence-electron chi connectivity index (χ0n) is 11.2. The van der Waals surface area contributed by atoms with Gasteiger partial charge in [0.05, 0.1) is 4.47 Å². The van der Waals surface area contributed by atoms with E-state index in [1.165, 1.54) is 22.6 Å². The van der Waals surface area contributed by atoms with Crippen LogP contribution in [0.15, 0.2) is 45.8 Å². The van der Waals surface area contributed by atoms with E-state index in [4.69, 9.17) is 5.73 Å². The molecule has 3 rings (SSSR count). The van der Waals surface area contributed by atoms with Gasteiger partial charge in [0.25, 0.3) is 0 Å². The van der Waals surface area contributed by atoms with Crippen LogP contribution in [0, 0.1) is 11.6 Å². The zero-order valence-corrected chi connectivity index (χ0v) is 13.6. The van der Waals surface area contributed by atoms with Crippen LogP contribution in [0.2, 0.25) is 0 Å². The van der Waals surface area contributed by atoms with Gasteiger partial charge in [0.1, 0.15) is 11.6 Å². The molecule has 2 N–H and O–H groups in total. The van der Waals surface area contributed by atoms with Crippen molar-refractivity contribution in [2.24, 2.45) is 5.73 Å². The Bertz CT molecular complexity index is 677. The molecule has 5 heteroatoms. The summed E-state index contributed by atoms with van der Waals surface area (Å²) >= 11 is 4.84. The van der Waals surface area contributed by atoms with Crippen molar-refractivity contribution in [3.05, 3.63) is 63.6 Å². The summed E-state index contributed by atoms with van der Waals surface area (Å²) in [7, 11) is 0. The lowest BCUT2D eigenvalue weighted by molar-refractivity contribution is 0.508. The maximum Gasteiger partial charge on any atom is 0.143 e. The zero-order chi connectivity index (χ0) is 15.0. The third kappa shape index (κ3) is 2.87. The molecule has 0 aromatic heterocycles. The fourth-order valence-electron chi connectivity index (χ4n) is 2.68. The maximum atomic E-state index is 14.1. The number of fused-ring (bicyclic) bond motifs is 1. The SMILES string of the molecule is NC(Cc1c(F)ccc(Br)c1F)C1CSc2ccccc21. The van der Waals surface area contributed by atoms with Crippen molar-refractivity contribution in [3.8, 4) is 0 Å². The molecule has 2 aromatic rings. The van der Waals surface area contributed by atoms with E-state index in [9.17, 15) is 8.78 Å². The van der Waals surface area contributed by atoms with Crippen LogP contribution in [-0.4, -0.2) is 11.8 Å². The lowest BCUT2D eigenvalue weighted by atomic mass is 9.89. The van der Waals surface area contributed by atoms with Crippen molar-refractivity contribution >= 4 is 27.7 Å². The molecule has 1 aliphatic heterocycles. The van der Waals surface area contributed by atoms with Gasteiger partial charge >= 0.3 is 0 Å². The quantitative estimate of drug-likeness (QED) is 0.806. The van der Waals surface area contributed by atoms with E-state index < -0.39 is 11.6 Å². The summed E-state index contributed by atoms with van der Waals surface area (Å²) in [6.07, 6.45) is 0.191. The van der Waals surface area contributed by atoms with Crippen molar-refractivity contribution in [2.75, 3.05) is 5.75 Å². The normalized spacial score (nSPS) is 18.6.